The molecule has 6 heteroatoms. The van der Waals surface area contributed by atoms with Gasteiger partial charge in [-0.25, -0.2) is 15.0 Å². The maximum absolute atomic E-state index is 4.74. The SMILES string of the molecule is C[N+]1(N2CN(c3ccccc3)c3ncccc32)[CH-]N(c2ccccc2)c2ncccc21. The maximum Gasteiger partial charge on any atom is 0.172 e. The number of pyridine rings is 2. The molecular formula is C25H22N6. The minimum atomic E-state index is 0.472. The minimum Gasteiger partial charge on any atom is -0.418 e. The molecule has 0 radical (unpaired) electrons. The zero-order valence-corrected chi connectivity index (χ0v) is 17.2. The lowest BCUT2D eigenvalue weighted by Gasteiger charge is -2.46. The monoisotopic (exact) mass is 406 g/mol. The first-order chi connectivity index (χ1) is 15.3. The molecular weight excluding hydrogens is 384 g/mol. The predicted octanol–water partition coefficient (Wildman–Crippen LogP) is 5.22. The first kappa shape index (κ1) is 17.9. The van der Waals surface area contributed by atoms with Gasteiger partial charge in [0.25, 0.3) is 0 Å². The van der Waals surface area contributed by atoms with E-state index in [1.807, 2.05) is 36.7 Å². The van der Waals surface area contributed by atoms with Crippen LogP contribution in [0.15, 0.2) is 97.3 Å². The van der Waals surface area contributed by atoms with Gasteiger partial charge in [0.2, 0.25) is 0 Å². The Morgan fingerprint density at radius 3 is 2.13 bits per heavy atom. The Morgan fingerprint density at radius 1 is 0.742 bits per heavy atom. The van der Waals surface area contributed by atoms with Crippen molar-refractivity contribution in [3.63, 3.8) is 0 Å². The zero-order chi connectivity index (χ0) is 20.8. The summed E-state index contributed by atoms with van der Waals surface area (Å²) in [6.45, 7) is 2.90. The van der Waals surface area contributed by atoms with Gasteiger partial charge >= 0.3 is 0 Å². The molecule has 2 aliphatic rings. The lowest BCUT2D eigenvalue weighted by Crippen LogP contribution is -2.57. The molecule has 2 aliphatic heterocycles. The van der Waals surface area contributed by atoms with Crippen molar-refractivity contribution in [3.05, 3.63) is 104 Å². The van der Waals surface area contributed by atoms with Crippen LogP contribution in [0.4, 0.5) is 34.4 Å². The second-order valence-electron chi connectivity index (χ2n) is 7.84. The molecule has 4 aromatic rings. The normalized spacial score (nSPS) is 19.5. The van der Waals surface area contributed by atoms with E-state index >= 15 is 0 Å². The van der Waals surface area contributed by atoms with Crippen LogP contribution in [-0.2, 0) is 0 Å². The predicted molar refractivity (Wildman–Crippen MR) is 125 cm³/mol. The number of fused-ring (bicyclic) bond motifs is 2. The summed E-state index contributed by atoms with van der Waals surface area (Å²) in [7, 11) is 2.20. The highest BCUT2D eigenvalue weighted by Crippen LogP contribution is 2.50. The van der Waals surface area contributed by atoms with E-state index in [0.717, 1.165) is 34.4 Å². The van der Waals surface area contributed by atoms with Crippen molar-refractivity contribution in [3.8, 4) is 0 Å². The highest BCUT2D eigenvalue weighted by molar-refractivity contribution is 5.85. The molecule has 0 fully saturated rings. The molecule has 0 saturated carbocycles. The summed E-state index contributed by atoms with van der Waals surface area (Å²) in [6.07, 6.45) is 3.71. The van der Waals surface area contributed by atoms with Gasteiger partial charge in [0, 0.05) is 29.8 Å². The first-order valence-electron chi connectivity index (χ1n) is 10.3. The van der Waals surface area contributed by atoms with Crippen molar-refractivity contribution in [2.75, 3.05) is 28.5 Å². The van der Waals surface area contributed by atoms with Gasteiger partial charge in [0.1, 0.15) is 12.4 Å². The zero-order valence-electron chi connectivity index (χ0n) is 17.2. The van der Waals surface area contributed by atoms with Crippen LogP contribution in [0.2, 0.25) is 0 Å². The Labute approximate surface area is 181 Å². The van der Waals surface area contributed by atoms with E-state index < -0.39 is 0 Å². The molecule has 0 N–H and O–H groups in total. The fraction of sp³-hybridized carbons (Fsp3) is 0.0800. The van der Waals surface area contributed by atoms with Crippen LogP contribution in [-0.4, -0.2) is 23.7 Å². The molecule has 0 spiro atoms. The molecule has 4 heterocycles. The second-order valence-corrected chi connectivity index (χ2v) is 7.84. The lowest BCUT2D eigenvalue weighted by atomic mass is 10.3. The number of anilines is 5. The Hall–Kier alpha value is -3.90. The number of para-hydroxylation sites is 2. The standard InChI is InChI=1S/C25H22N6/c1-31(19-29(21-12-6-3-7-13-21)25-23(31)15-9-17-27-25)30-18-28(20-10-4-2-5-11-20)24-22(30)14-8-16-26-24/h2-17,19H,18H2,1H3. The topological polar surface area (TPSA) is 35.5 Å². The number of rotatable bonds is 3. The highest BCUT2D eigenvalue weighted by atomic mass is 15.8. The summed E-state index contributed by atoms with van der Waals surface area (Å²) in [5.74, 6) is 1.91. The van der Waals surface area contributed by atoms with Crippen molar-refractivity contribution in [2.45, 2.75) is 0 Å². The summed E-state index contributed by atoms with van der Waals surface area (Å²) in [4.78, 5) is 13.9. The fourth-order valence-corrected chi connectivity index (χ4v) is 4.48. The van der Waals surface area contributed by atoms with E-state index in [9.17, 15) is 0 Å². The average molecular weight is 406 g/mol. The van der Waals surface area contributed by atoms with Crippen LogP contribution >= 0.6 is 0 Å². The third kappa shape index (κ3) is 2.69. The lowest BCUT2D eigenvalue weighted by molar-refractivity contribution is 0.385. The van der Waals surface area contributed by atoms with Gasteiger partial charge in [-0.15, -0.1) is 0 Å². The molecule has 1 unspecified atom stereocenters. The van der Waals surface area contributed by atoms with E-state index in [4.69, 9.17) is 9.97 Å². The van der Waals surface area contributed by atoms with Crippen LogP contribution in [0.25, 0.3) is 0 Å². The number of nitrogens with zero attached hydrogens (tertiary/aromatic N) is 6. The summed E-state index contributed by atoms with van der Waals surface area (Å²) >= 11 is 0. The molecule has 6 nitrogen and oxygen atoms in total. The fourth-order valence-electron chi connectivity index (χ4n) is 4.48. The summed E-state index contributed by atoms with van der Waals surface area (Å²) in [6, 6.07) is 29.1. The smallest absolute Gasteiger partial charge is 0.172 e. The first-order valence-corrected chi connectivity index (χ1v) is 10.3. The quantitative estimate of drug-likeness (QED) is 0.345. The van der Waals surface area contributed by atoms with E-state index in [1.54, 1.807) is 0 Å². The van der Waals surface area contributed by atoms with Gasteiger partial charge in [0.15, 0.2) is 17.3 Å². The Bertz CT molecular complexity index is 1230. The van der Waals surface area contributed by atoms with Crippen LogP contribution in [0, 0.1) is 6.67 Å². The molecule has 6 rings (SSSR count). The number of benzene rings is 2. The molecule has 0 bridgehead atoms. The van der Waals surface area contributed by atoms with E-state index in [1.165, 1.54) is 0 Å². The third-order valence-electron chi connectivity index (χ3n) is 6.00. The van der Waals surface area contributed by atoms with Gasteiger partial charge in [-0.2, -0.15) is 0 Å². The number of aromatic nitrogens is 2. The van der Waals surface area contributed by atoms with Crippen molar-refractivity contribution in [1.29, 1.82) is 0 Å². The molecule has 31 heavy (non-hydrogen) atoms. The van der Waals surface area contributed by atoms with Crippen LogP contribution in [0.3, 0.4) is 0 Å². The van der Waals surface area contributed by atoms with Crippen LogP contribution in [0.1, 0.15) is 0 Å². The van der Waals surface area contributed by atoms with E-state index in [2.05, 4.69) is 89.2 Å². The van der Waals surface area contributed by atoms with Crippen molar-refractivity contribution in [1.82, 2.24) is 14.6 Å². The summed E-state index contributed by atoms with van der Waals surface area (Å²) in [5, 5.41) is 2.36. The Morgan fingerprint density at radius 2 is 1.39 bits per heavy atom. The summed E-state index contributed by atoms with van der Waals surface area (Å²) < 4.78 is 0.472. The molecule has 0 amide bonds. The van der Waals surface area contributed by atoms with Gasteiger partial charge in [-0.1, -0.05) is 36.4 Å². The van der Waals surface area contributed by atoms with Crippen LogP contribution in [0.5, 0.6) is 0 Å². The number of hydrogen-bond acceptors (Lipinski definition) is 5. The van der Waals surface area contributed by atoms with Gasteiger partial charge in [-0.05, 0) is 49.1 Å². The molecule has 2 aromatic carbocycles. The third-order valence-corrected chi connectivity index (χ3v) is 6.00. The van der Waals surface area contributed by atoms with Crippen molar-refractivity contribution >= 4 is 34.4 Å². The van der Waals surface area contributed by atoms with E-state index in [0.29, 0.717) is 11.3 Å². The van der Waals surface area contributed by atoms with E-state index in [-0.39, 0.29) is 0 Å². The maximum atomic E-state index is 4.74. The molecule has 1 atom stereocenters. The Kier molecular flexibility index (Phi) is 3.94. The van der Waals surface area contributed by atoms with Gasteiger partial charge in [0.05, 0.1) is 7.05 Å². The Balaban J connectivity index is 1.47. The highest BCUT2D eigenvalue weighted by Gasteiger charge is 2.44. The van der Waals surface area contributed by atoms with Gasteiger partial charge in [-0.3, -0.25) is 4.59 Å². The molecule has 152 valence electrons. The number of quaternary nitrogens is 1. The molecule has 0 saturated heterocycles. The van der Waals surface area contributed by atoms with Crippen molar-refractivity contribution in [2.24, 2.45) is 0 Å². The largest absolute Gasteiger partial charge is 0.418 e. The van der Waals surface area contributed by atoms with Gasteiger partial charge < -0.3 is 9.80 Å². The number of hydrogen-bond donors (Lipinski definition) is 0. The van der Waals surface area contributed by atoms with Crippen LogP contribution < -0.4 is 19.4 Å². The molecule has 0 aliphatic carbocycles. The minimum absolute atomic E-state index is 0.472. The van der Waals surface area contributed by atoms with Crippen molar-refractivity contribution < 1.29 is 0 Å². The average Bonchev–Trinajstić information content (AvgIpc) is 3.38. The summed E-state index contributed by atoms with van der Waals surface area (Å²) in [5.41, 5.74) is 4.43. The second kappa shape index (κ2) is 6.82. The molecule has 2 aromatic heterocycles.